The summed E-state index contributed by atoms with van der Waals surface area (Å²) in [7, 11) is 0. The predicted molar refractivity (Wildman–Crippen MR) is 124 cm³/mol. The molecule has 1 fully saturated rings. The summed E-state index contributed by atoms with van der Waals surface area (Å²) in [5.41, 5.74) is 1.59. The van der Waals surface area contributed by atoms with E-state index in [9.17, 15) is 14.0 Å². The minimum Gasteiger partial charge on any atom is -0.367 e. The Morgan fingerprint density at radius 1 is 1.22 bits per heavy atom. The minimum absolute atomic E-state index is 0. The second-order valence-electron chi connectivity index (χ2n) is 7.00. The number of benzene rings is 1. The molecule has 3 N–H and O–H groups in total. The van der Waals surface area contributed by atoms with Crippen molar-refractivity contribution in [3.05, 3.63) is 64.0 Å². The van der Waals surface area contributed by atoms with E-state index in [1.54, 1.807) is 23.8 Å². The second kappa shape index (κ2) is 8.89. The van der Waals surface area contributed by atoms with Crippen molar-refractivity contribution in [2.75, 3.05) is 36.4 Å². The topological polar surface area (TPSA) is 108 Å². The molecule has 0 unspecified atom stereocenters. The van der Waals surface area contributed by atoms with Crippen LogP contribution in [0.5, 0.6) is 0 Å². The van der Waals surface area contributed by atoms with E-state index in [2.05, 4.69) is 30.5 Å². The number of amides is 1. The van der Waals surface area contributed by atoms with Gasteiger partial charge in [0.1, 0.15) is 17.0 Å². The minimum atomic E-state index is -0.528. The highest BCUT2D eigenvalue weighted by Crippen LogP contribution is 2.26. The molecule has 1 aliphatic heterocycles. The normalized spacial score (nSPS) is 13.7. The summed E-state index contributed by atoms with van der Waals surface area (Å²) >= 11 is 1.13. The van der Waals surface area contributed by atoms with E-state index in [1.165, 1.54) is 16.7 Å². The first-order chi connectivity index (χ1) is 15.1. The number of imidazole rings is 1. The van der Waals surface area contributed by atoms with Gasteiger partial charge in [-0.3, -0.25) is 9.78 Å². The Bertz CT molecular complexity index is 1320. The number of carbonyl (C=O) groups excluding carboxylic acids is 1. The van der Waals surface area contributed by atoms with E-state index in [-0.39, 0.29) is 23.8 Å². The van der Waals surface area contributed by atoms with Crippen LogP contribution >= 0.6 is 11.3 Å². The largest absolute Gasteiger partial charge is 0.367 e. The van der Waals surface area contributed by atoms with Crippen LogP contribution in [0.25, 0.3) is 16.2 Å². The van der Waals surface area contributed by atoms with Crippen molar-refractivity contribution < 1.29 is 9.18 Å². The van der Waals surface area contributed by atoms with E-state index in [0.29, 0.717) is 11.2 Å². The van der Waals surface area contributed by atoms with Gasteiger partial charge in [-0.25, -0.2) is 18.7 Å². The molecular formula is C21H22FN7O2S. The summed E-state index contributed by atoms with van der Waals surface area (Å²) in [5.74, 6) is -0.939. The number of nitrogens with one attached hydrogen (secondary N) is 3. The van der Waals surface area contributed by atoms with Crippen LogP contribution in [0.2, 0.25) is 0 Å². The van der Waals surface area contributed by atoms with Crippen LogP contribution < -0.4 is 21.2 Å². The summed E-state index contributed by atoms with van der Waals surface area (Å²) in [5, 5.41) is 8.01. The molecule has 3 aromatic heterocycles. The number of hydrogen-bond acceptors (Lipinski definition) is 7. The van der Waals surface area contributed by atoms with Crippen LogP contribution in [0.15, 0.2) is 46.8 Å². The number of fused-ring (bicyclic) bond motifs is 1. The van der Waals surface area contributed by atoms with Gasteiger partial charge in [-0.2, -0.15) is 0 Å². The van der Waals surface area contributed by atoms with Crippen molar-refractivity contribution in [1.29, 1.82) is 0 Å². The number of anilines is 2. The lowest BCUT2D eigenvalue weighted by atomic mass is 10.2. The van der Waals surface area contributed by atoms with Crippen molar-refractivity contribution >= 4 is 39.7 Å². The predicted octanol–water partition coefficient (Wildman–Crippen LogP) is 2.61. The molecule has 4 heterocycles. The molecule has 0 aliphatic carbocycles. The molecule has 0 spiro atoms. The molecule has 0 bridgehead atoms. The highest BCUT2D eigenvalue weighted by molar-refractivity contribution is 7.12. The van der Waals surface area contributed by atoms with Crippen molar-refractivity contribution in [2.24, 2.45) is 0 Å². The molecule has 1 saturated heterocycles. The van der Waals surface area contributed by atoms with E-state index in [4.69, 9.17) is 0 Å². The molecule has 5 rings (SSSR count). The fourth-order valence-electron chi connectivity index (χ4n) is 3.61. The molecule has 32 heavy (non-hydrogen) atoms. The monoisotopic (exact) mass is 455 g/mol. The van der Waals surface area contributed by atoms with Crippen LogP contribution in [0.4, 0.5) is 15.8 Å². The Balaban J connectivity index is 0.00000245. The number of carbonyl (C=O) groups is 1. The number of hydrogen-bond donors (Lipinski definition) is 3. The fraction of sp³-hybridized carbons (Fsp3) is 0.238. The Morgan fingerprint density at radius 2 is 2.03 bits per heavy atom. The summed E-state index contributed by atoms with van der Waals surface area (Å²) in [6, 6.07) is 6.27. The fourth-order valence-corrected chi connectivity index (χ4v) is 4.42. The molecule has 166 valence electrons. The average molecular weight is 456 g/mol. The zero-order chi connectivity index (χ0) is 21.4. The average Bonchev–Trinajstić information content (AvgIpc) is 3.39. The van der Waals surface area contributed by atoms with Gasteiger partial charge < -0.3 is 20.5 Å². The van der Waals surface area contributed by atoms with Gasteiger partial charge >= 0.3 is 5.69 Å². The first-order valence-corrected chi connectivity index (χ1v) is 10.6. The molecule has 1 amide bonds. The van der Waals surface area contributed by atoms with Crippen LogP contribution in [0.3, 0.4) is 0 Å². The Labute approximate surface area is 186 Å². The highest BCUT2D eigenvalue weighted by Gasteiger charge is 2.20. The van der Waals surface area contributed by atoms with Crippen LogP contribution in [-0.4, -0.2) is 51.6 Å². The van der Waals surface area contributed by atoms with E-state index < -0.39 is 17.4 Å². The quantitative estimate of drug-likeness (QED) is 0.437. The molecule has 0 saturated carbocycles. The first kappa shape index (κ1) is 21.7. The van der Waals surface area contributed by atoms with Crippen LogP contribution in [0, 0.1) is 5.82 Å². The van der Waals surface area contributed by atoms with Crippen molar-refractivity contribution in [2.45, 2.75) is 7.43 Å². The molecule has 1 aliphatic rings. The summed E-state index contributed by atoms with van der Waals surface area (Å²) in [6.45, 7) is 3.39. The summed E-state index contributed by atoms with van der Waals surface area (Å²) in [6.07, 6.45) is 3.30. The van der Waals surface area contributed by atoms with Crippen molar-refractivity contribution in [1.82, 2.24) is 24.8 Å². The standard InChI is InChI=1S/C20H18FN7O2S.CH4/c21-12-2-1-3-16-17(12)26-19(30)28(16)20-25-14(11-31-20)18(29)24-13-10-23-5-4-15(13)27-8-6-22-7-9-27;/h1-5,10-11,22H,6-9H2,(H,24,29)(H,26,30);1H4. The summed E-state index contributed by atoms with van der Waals surface area (Å²) < 4.78 is 15.2. The van der Waals surface area contributed by atoms with E-state index in [1.807, 2.05) is 6.07 Å². The first-order valence-electron chi connectivity index (χ1n) is 9.68. The van der Waals surface area contributed by atoms with Crippen LogP contribution in [-0.2, 0) is 0 Å². The number of nitrogens with zero attached hydrogens (tertiary/aromatic N) is 4. The molecule has 1 aromatic carbocycles. The number of para-hydroxylation sites is 1. The molecular weight excluding hydrogens is 433 g/mol. The van der Waals surface area contributed by atoms with Gasteiger partial charge in [0, 0.05) is 37.8 Å². The molecule has 4 aromatic rings. The smallest absolute Gasteiger partial charge is 0.333 e. The third kappa shape index (κ3) is 3.87. The van der Waals surface area contributed by atoms with Crippen molar-refractivity contribution in [3.63, 3.8) is 0 Å². The Hall–Kier alpha value is -3.57. The van der Waals surface area contributed by atoms with Gasteiger partial charge in [0.05, 0.1) is 23.1 Å². The number of pyridine rings is 1. The molecule has 11 heteroatoms. The zero-order valence-electron chi connectivity index (χ0n) is 16.3. The number of aromatic nitrogens is 4. The SMILES string of the molecule is C.O=C(Nc1cnccc1N1CCNCC1)c1csc(-n2c(=O)[nH]c3c(F)cccc32)n1. The number of piperazine rings is 1. The summed E-state index contributed by atoms with van der Waals surface area (Å²) in [4.78, 5) is 38.3. The number of halogens is 1. The second-order valence-corrected chi connectivity index (χ2v) is 7.84. The van der Waals surface area contributed by atoms with Gasteiger partial charge in [0.25, 0.3) is 5.91 Å². The Kier molecular flexibility index (Phi) is 6.01. The maximum Gasteiger partial charge on any atom is 0.333 e. The zero-order valence-corrected chi connectivity index (χ0v) is 17.1. The number of aromatic amines is 1. The van der Waals surface area contributed by atoms with Gasteiger partial charge in [0.2, 0.25) is 0 Å². The molecule has 9 nitrogen and oxygen atoms in total. The highest BCUT2D eigenvalue weighted by atomic mass is 32.1. The van der Waals surface area contributed by atoms with E-state index >= 15 is 0 Å². The van der Waals surface area contributed by atoms with Crippen molar-refractivity contribution in [3.8, 4) is 5.13 Å². The number of H-pyrrole nitrogens is 1. The van der Waals surface area contributed by atoms with Gasteiger partial charge in [-0.15, -0.1) is 11.3 Å². The lowest BCUT2D eigenvalue weighted by Gasteiger charge is -2.30. The molecule has 0 atom stereocenters. The van der Waals surface area contributed by atoms with E-state index in [0.717, 1.165) is 43.2 Å². The Morgan fingerprint density at radius 3 is 2.84 bits per heavy atom. The third-order valence-electron chi connectivity index (χ3n) is 5.09. The van der Waals surface area contributed by atoms with Gasteiger partial charge in [0.15, 0.2) is 5.13 Å². The third-order valence-corrected chi connectivity index (χ3v) is 5.91. The van der Waals surface area contributed by atoms with Gasteiger partial charge in [-0.05, 0) is 18.2 Å². The maximum absolute atomic E-state index is 14.0. The lowest BCUT2D eigenvalue weighted by molar-refractivity contribution is 0.102. The van der Waals surface area contributed by atoms with Gasteiger partial charge in [-0.1, -0.05) is 13.5 Å². The maximum atomic E-state index is 14.0. The lowest BCUT2D eigenvalue weighted by Crippen LogP contribution is -2.43. The molecule has 0 radical (unpaired) electrons. The number of rotatable bonds is 4. The number of thiazole rings is 1. The van der Waals surface area contributed by atoms with Crippen LogP contribution in [0.1, 0.15) is 17.9 Å².